The number of sulfonamides is 1. The molecule has 2 rings (SSSR count). The van der Waals surface area contributed by atoms with E-state index in [0.29, 0.717) is 15.8 Å². The summed E-state index contributed by atoms with van der Waals surface area (Å²) in [7, 11) is 0.216. The van der Waals surface area contributed by atoms with Crippen LogP contribution in [0.2, 0.25) is 5.15 Å². The number of hydrogen-bond donors (Lipinski definition) is 0. The van der Waals surface area contributed by atoms with Crippen LogP contribution < -0.4 is 9.47 Å². The van der Waals surface area contributed by atoms with Crippen LogP contribution in [0.1, 0.15) is 41.4 Å². The van der Waals surface area contributed by atoms with Crippen molar-refractivity contribution in [2.24, 2.45) is 7.05 Å². The monoisotopic (exact) mass is 471 g/mol. The largest absolute Gasteiger partial charge is 0.496 e. The van der Waals surface area contributed by atoms with Crippen molar-refractivity contribution in [3.05, 3.63) is 34.1 Å². The molecule has 0 N–H and O–H groups in total. The van der Waals surface area contributed by atoms with Gasteiger partial charge in [-0.1, -0.05) is 11.6 Å². The Labute approximate surface area is 186 Å². The third-order valence-electron chi connectivity index (χ3n) is 4.80. The number of benzene rings is 1. The van der Waals surface area contributed by atoms with Gasteiger partial charge in [0.25, 0.3) is 10.0 Å². The molecule has 0 saturated carbocycles. The van der Waals surface area contributed by atoms with Crippen LogP contribution in [0.15, 0.2) is 17.0 Å². The van der Waals surface area contributed by atoms with Crippen LogP contribution in [-0.2, 0) is 21.9 Å². The lowest BCUT2D eigenvalue weighted by Crippen LogP contribution is -2.37. The number of aryl methyl sites for hydroxylation is 3. The summed E-state index contributed by atoms with van der Waals surface area (Å²) in [4.78, 5) is 25.3. The minimum absolute atomic E-state index is 0.0867. The SMILES string of the molecule is CCN(C(=O)CCC(=O)c1cc(OC)c(C)cc1OC)S(=O)(=O)c1c(C)nn(C)c1Cl. The van der Waals surface area contributed by atoms with E-state index in [1.54, 1.807) is 12.1 Å². The minimum Gasteiger partial charge on any atom is -0.496 e. The molecule has 11 heteroatoms. The number of rotatable bonds is 9. The summed E-state index contributed by atoms with van der Waals surface area (Å²) in [6.45, 7) is 4.73. The minimum atomic E-state index is -4.22. The maximum absolute atomic E-state index is 13.0. The van der Waals surface area contributed by atoms with Gasteiger partial charge in [-0.3, -0.25) is 14.3 Å². The number of amides is 1. The van der Waals surface area contributed by atoms with Gasteiger partial charge in [-0.25, -0.2) is 12.7 Å². The van der Waals surface area contributed by atoms with Gasteiger partial charge < -0.3 is 9.47 Å². The Morgan fingerprint density at radius 2 is 1.74 bits per heavy atom. The highest BCUT2D eigenvalue weighted by Gasteiger charge is 2.34. The number of ether oxygens (including phenoxy) is 2. The average molecular weight is 472 g/mol. The van der Waals surface area contributed by atoms with Crippen LogP contribution >= 0.6 is 11.6 Å². The fourth-order valence-electron chi connectivity index (χ4n) is 3.24. The highest BCUT2D eigenvalue weighted by Crippen LogP contribution is 2.30. The Balaban J connectivity index is 2.25. The summed E-state index contributed by atoms with van der Waals surface area (Å²) in [6, 6.07) is 3.22. The van der Waals surface area contributed by atoms with Crippen molar-refractivity contribution in [3.8, 4) is 11.5 Å². The van der Waals surface area contributed by atoms with E-state index >= 15 is 0 Å². The molecule has 0 fully saturated rings. The first-order chi connectivity index (χ1) is 14.5. The van der Waals surface area contributed by atoms with Crippen LogP contribution in [0.5, 0.6) is 11.5 Å². The van der Waals surface area contributed by atoms with Gasteiger partial charge in [0.05, 0.1) is 25.5 Å². The van der Waals surface area contributed by atoms with Gasteiger partial charge in [-0.2, -0.15) is 5.10 Å². The standard InChI is InChI=1S/C20H26ClN3O6S/c1-7-24(31(27,28)19-13(3)22-23(4)20(19)21)18(26)9-8-15(25)14-11-16(29-5)12(2)10-17(14)30-6/h10-11H,7-9H2,1-6H3. The first kappa shape index (κ1) is 24.7. The van der Waals surface area contributed by atoms with Crippen LogP contribution in [0.25, 0.3) is 0 Å². The van der Waals surface area contributed by atoms with Crippen LogP contribution in [-0.4, -0.2) is 55.0 Å². The molecule has 0 saturated heterocycles. The van der Waals surface area contributed by atoms with Crippen molar-refractivity contribution in [3.63, 3.8) is 0 Å². The van der Waals surface area contributed by atoms with Crippen molar-refractivity contribution >= 4 is 33.3 Å². The molecule has 9 nitrogen and oxygen atoms in total. The molecule has 0 spiro atoms. The van der Waals surface area contributed by atoms with Gasteiger partial charge in [-0.05, 0) is 38.5 Å². The van der Waals surface area contributed by atoms with Crippen molar-refractivity contribution in [2.75, 3.05) is 20.8 Å². The zero-order valence-corrected chi connectivity index (χ0v) is 19.9. The molecule has 1 aromatic heterocycles. The van der Waals surface area contributed by atoms with Crippen molar-refractivity contribution in [2.45, 2.75) is 38.5 Å². The molecule has 0 radical (unpaired) electrons. The number of carbonyl (C=O) groups excluding carboxylic acids is 2. The Morgan fingerprint density at radius 3 is 2.23 bits per heavy atom. The molecule has 31 heavy (non-hydrogen) atoms. The number of carbonyl (C=O) groups is 2. The second-order valence-corrected chi connectivity index (χ2v) is 8.99. The van der Waals surface area contributed by atoms with E-state index < -0.39 is 15.9 Å². The number of Topliss-reactive ketones (excluding diaryl/α,β-unsaturated/α-hetero) is 1. The maximum Gasteiger partial charge on any atom is 0.271 e. The van der Waals surface area contributed by atoms with Crippen molar-refractivity contribution in [1.82, 2.24) is 14.1 Å². The van der Waals surface area contributed by atoms with Crippen LogP contribution in [0.4, 0.5) is 0 Å². The fraction of sp³-hybridized carbons (Fsp3) is 0.450. The van der Waals surface area contributed by atoms with Crippen LogP contribution in [0, 0.1) is 13.8 Å². The quantitative estimate of drug-likeness (QED) is 0.517. The Hall–Kier alpha value is -2.59. The zero-order chi connectivity index (χ0) is 23.5. The molecule has 0 aliphatic carbocycles. The number of ketones is 1. The first-order valence-corrected chi connectivity index (χ1v) is 11.3. The lowest BCUT2D eigenvalue weighted by molar-refractivity contribution is -0.126. The van der Waals surface area contributed by atoms with E-state index in [1.165, 1.54) is 39.8 Å². The van der Waals surface area contributed by atoms with E-state index in [1.807, 2.05) is 6.92 Å². The van der Waals surface area contributed by atoms with Gasteiger partial charge in [0.1, 0.15) is 21.5 Å². The molecule has 0 bridgehead atoms. The number of halogens is 1. The lowest BCUT2D eigenvalue weighted by atomic mass is 10.0. The predicted molar refractivity (Wildman–Crippen MR) is 115 cm³/mol. The predicted octanol–water partition coefficient (Wildman–Crippen LogP) is 2.91. The third-order valence-corrected chi connectivity index (χ3v) is 7.39. The number of methoxy groups -OCH3 is 2. The summed E-state index contributed by atoms with van der Waals surface area (Å²) in [5, 5.41) is 3.91. The topological polar surface area (TPSA) is 108 Å². The molecule has 0 aliphatic rings. The van der Waals surface area contributed by atoms with E-state index in [9.17, 15) is 18.0 Å². The fourth-order valence-corrected chi connectivity index (χ4v) is 5.39. The Kier molecular flexibility index (Phi) is 7.72. The van der Waals surface area contributed by atoms with Gasteiger partial charge >= 0.3 is 0 Å². The molecule has 170 valence electrons. The summed E-state index contributed by atoms with van der Waals surface area (Å²) in [5.74, 6) is -0.218. The molecule has 1 amide bonds. The second kappa shape index (κ2) is 9.69. The molecule has 0 unspecified atom stereocenters. The highest BCUT2D eigenvalue weighted by atomic mass is 35.5. The molecule has 0 atom stereocenters. The summed E-state index contributed by atoms with van der Waals surface area (Å²) in [6.07, 6.45) is -0.505. The van der Waals surface area contributed by atoms with Gasteiger partial charge in [-0.15, -0.1) is 0 Å². The molecular weight excluding hydrogens is 446 g/mol. The maximum atomic E-state index is 13.0. The first-order valence-electron chi connectivity index (χ1n) is 9.50. The smallest absolute Gasteiger partial charge is 0.271 e. The summed E-state index contributed by atoms with van der Waals surface area (Å²) in [5.41, 5.74) is 1.24. The average Bonchev–Trinajstić information content (AvgIpc) is 2.97. The Morgan fingerprint density at radius 1 is 1.13 bits per heavy atom. The molecule has 1 aromatic carbocycles. The van der Waals surface area contributed by atoms with Gasteiger partial charge in [0.15, 0.2) is 5.78 Å². The van der Waals surface area contributed by atoms with E-state index in [4.69, 9.17) is 21.1 Å². The van der Waals surface area contributed by atoms with E-state index in [-0.39, 0.29) is 46.5 Å². The van der Waals surface area contributed by atoms with Gasteiger partial charge in [0, 0.05) is 26.4 Å². The van der Waals surface area contributed by atoms with Crippen LogP contribution in [0.3, 0.4) is 0 Å². The third kappa shape index (κ3) is 4.85. The number of hydrogen-bond acceptors (Lipinski definition) is 7. The number of aromatic nitrogens is 2. The van der Waals surface area contributed by atoms with E-state index in [0.717, 1.165) is 5.56 Å². The zero-order valence-electron chi connectivity index (χ0n) is 18.4. The van der Waals surface area contributed by atoms with E-state index in [2.05, 4.69) is 5.10 Å². The van der Waals surface area contributed by atoms with Crippen molar-refractivity contribution in [1.29, 1.82) is 0 Å². The van der Waals surface area contributed by atoms with Crippen molar-refractivity contribution < 1.29 is 27.5 Å². The molecule has 2 aromatic rings. The summed E-state index contributed by atoms with van der Waals surface area (Å²) >= 11 is 6.09. The Bertz CT molecular complexity index is 1110. The molecule has 0 aliphatic heterocycles. The number of nitrogens with zero attached hydrogens (tertiary/aromatic N) is 3. The second-order valence-electron chi connectivity index (χ2n) is 6.84. The molecular formula is C20H26ClN3O6S. The molecule has 1 heterocycles. The summed E-state index contributed by atoms with van der Waals surface area (Å²) < 4.78 is 38.5. The normalized spacial score (nSPS) is 11.3. The van der Waals surface area contributed by atoms with Gasteiger partial charge in [0.2, 0.25) is 5.91 Å². The lowest BCUT2D eigenvalue weighted by Gasteiger charge is -2.21. The highest BCUT2D eigenvalue weighted by molar-refractivity contribution is 7.89.